The number of carbonyl (C=O) groups excluding carboxylic acids is 1. The Morgan fingerprint density at radius 2 is 1.97 bits per heavy atom. The number of halogens is 1. The fourth-order valence-corrected chi connectivity index (χ4v) is 4.39. The number of fused-ring (bicyclic) bond motifs is 1. The average molecular weight is 456 g/mol. The first-order chi connectivity index (χ1) is 14.7. The monoisotopic (exact) mass is 455 g/mol. The van der Waals surface area contributed by atoms with Crippen LogP contribution in [0.5, 0.6) is 5.75 Å². The fraction of sp³-hybridized carbons (Fsp3) is 0.261. The molecule has 0 aliphatic rings. The number of rotatable bonds is 5. The van der Waals surface area contributed by atoms with Crippen LogP contribution in [0.3, 0.4) is 0 Å². The third-order valence-corrected chi connectivity index (χ3v) is 5.93. The average Bonchev–Trinajstić information content (AvgIpc) is 3.31. The molecule has 4 aromatic rings. The maximum absolute atomic E-state index is 13.0. The van der Waals surface area contributed by atoms with Gasteiger partial charge in [-0.3, -0.25) is 4.40 Å². The second-order valence-corrected chi connectivity index (χ2v) is 9.48. The molecule has 0 saturated carbocycles. The molecule has 8 heteroatoms. The Hall–Kier alpha value is -2.90. The molecular weight excluding hydrogens is 434 g/mol. The highest BCUT2D eigenvalue weighted by Crippen LogP contribution is 2.40. The predicted octanol–water partition coefficient (Wildman–Crippen LogP) is 6.21. The van der Waals surface area contributed by atoms with Crippen LogP contribution < -0.4 is 4.74 Å². The van der Waals surface area contributed by atoms with E-state index in [4.69, 9.17) is 21.1 Å². The van der Waals surface area contributed by atoms with Gasteiger partial charge in [0.1, 0.15) is 17.5 Å². The zero-order valence-electron chi connectivity index (χ0n) is 17.6. The van der Waals surface area contributed by atoms with Crippen molar-refractivity contribution < 1.29 is 14.3 Å². The zero-order valence-corrected chi connectivity index (χ0v) is 19.2. The predicted molar refractivity (Wildman–Crippen MR) is 122 cm³/mol. The maximum Gasteiger partial charge on any atom is 0.352 e. The van der Waals surface area contributed by atoms with Crippen LogP contribution >= 0.6 is 22.9 Å². The molecule has 0 N–H and O–H groups in total. The summed E-state index contributed by atoms with van der Waals surface area (Å²) < 4.78 is 13.7. The van der Waals surface area contributed by atoms with Crippen molar-refractivity contribution in [3.05, 3.63) is 70.5 Å². The summed E-state index contributed by atoms with van der Waals surface area (Å²) in [6.07, 6.45) is 4.94. The summed E-state index contributed by atoms with van der Waals surface area (Å²) in [7, 11) is 0. The second kappa shape index (κ2) is 8.32. The highest BCUT2D eigenvalue weighted by Gasteiger charge is 2.26. The molecular formula is C23H22ClN3O3S. The van der Waals surface area contributed by atoms with Gasteiger partial charge in [0.25, 0.3) is 0 Å². The van der Waals surface area contributed by atoms with Crippen LogP contribution in [-0.4, -0.2) is 25.9 Å². The Balaban J connectivity index is 1.75. The molecule has 3 aromatic heterocycles. The lowest BCUT2D eigenvalue weighted by atomic mass is 10.1. The van der Waals surface area contributed by atoms with Gasteiger partial charge in [-0.15, -0.1) is 11.3 Å². The number of thiophene rings is 1. The molecule has 0 aliphatic heterocycles. The minimum atomic E-state index is -0.625. The largest absolute Gasteiger partial charge is 0.484 e. The summed E-state index contributed by atoms with van der Waals surface area (Å²) in [5.74, 6) is 0.592. The molecule has 0 aliphatic carbocycles. The van der Waals surface area contributed by atoms with E-state index >= 15 is 0 Å². The van der Waals surface area contributed by atoms with E-state index in [1.165, 1.54) is 11.3 Å². The highest BCUT2D eigenvalue weighted by atomic mass is 35.5. The van der Waals surface area contributed by atoms with Gasteiger partial charge in [-0.05, 0) is 39.8 Å². The second-order valence-electron chi connectivity index (χ2n) is 8.02. The number of hydrogen-bond donors (Lipinski definition) is 0. The Morgan fingerprint density at radius 1 is 1.19 bits per heavy atom. The number of benzene rings is 1. The molecule has 1 aromatic carbocycles. The van der Waals surface area contributed by atoms with E-state index in [1.54, 1.807) is 12.4 Å². The quantitative estimate of drug-likeness (QED) is 0.335. The van der Waals surface area contributed by atoms with Crippen molar-refractivity contribution in [2.24, 2.45) is 0 Å². The van der Waals surface area contributed by atoms with Gasteiger partial charge in [0.15, 0.2) is 4.88 Å². The van der Waals surface area contributed by atoms with Crippen molar-refractivity contribution in [3.8, 4) is 16.3 Å². The first kappa shape index (κ1) is 21.3. The number of esters is 1. The van der Waals surface area contributed by atoms with Crippen molar-refractivity contribution in [2.75, 3.05) is 0 Å². The van der Waals surface area contributed by atoms with Crippen LogP contribution in [-0.2, 0) is 4.74 Å². The molecule has 160 valence electrons. The van der Waals surface area contributed by atoms with E-state index in [0.29, 0.717) is 21.4 Å². The van der Waals surface area contributed by atoms with E-state index in [2.05, 4.69) is 9.97 Å². The third-order valence-electron chi connectivity index (χ3n) is 4.47. The molecule has 0 amide bonds. The standard InChI is InChI=1S/C23H22ClN3O3S/c1-14(15-8-5-6-9-16(15)24)29-18-12-19(31-20(18)21(28)30-23(2,3)4)17-13-26-22-25-10-7-11-27(17)22/h5-14H,1-4H3/t14-/m1/s1. The summed E-state index contributed by atoms with van der Waals surface area (Å²) in [6, 6.07) is 11.2. The van der Waals surface area contributed by atoms with Gasteiger partial charge < -0.3 is 9.47 Å². The lowest BCUT2D eigenvalue weighted by Gasteiger charge is -2.20. The summed E-state index contributed by atoms with van der Waals surface area (Å²) in [5.41, 5.74) is 1.03. The Bertz CT molecular complexity index is 1240. The third kappa shape index (κ3) is 4.57. The van der Waals surface area contributed by atoms with Crippen molar-refractivity contribution in [1.82, 2.24) is 14.4 Å². The van der Waals surface area contributed by atoms with Crippen LogP contribution in [0.15, 0.2) is 55.0 Å². The number of imidazole rings is 1. The van der Waals surface area contributed by atoms with Crippen molar-refractivity contribution in [1.29, 1.82) is 0 Å². The number of hydrogen-bond acceptors (Lipinski definition) is 6. The lowest BCUT2D eigenvalue weighted by Crippen LogP contribution is -2.23. The Kier molecular flexibility index (Phi) is 5.73. The summed E-state index contributed by atoms with van der Waals surface area (Å²) >= 11 is 7.64. The van der Waals surface area contributed by atoms with Gasteiger partial charge in [0.05, 0.1) is 16.8 Å². The molecule has 0 radical (unpaired) electrons. The van der Waals surface area contributed by atoms with Crippen molar-refractivity contribution in [2.45, 2.75) is 39.4 Å². The zero-order chi connectivity index (χ0) is 22.2. The molecule has 0 unspecified atom stereocenters. The van der Waals surface area contributed by atoms with E-state index in [9.17, 15) is 4.79 Å². The molecule has 0 saturated heterocycles. The lowest BCUT2D eigenvalue weighted by molar-refractivity contribution is 0.00706. The highest BCUT2D eigenvalue weighted by molar-refractivity contribution is 7.17. The van der Waals surface area contributed by atoms with Crippen molar-refractivity contribution >= 4 is 34.7 Å². The molecule has 3 heterocycles. The van der Waals surface area contributed by atoms with Crippen LogP contribution in [0.2, 0.25) is 5.02 Å². The normalized spacial score (nSPS) is 12.7. The SMILES string of the molecule is C[C@@H](Oc1cc(-c2cnc3ncccn23)sc1C(=O)OC(C)(C)C)c1ccccc1Cl. The first-order valence-electron chi connectivity index (χ1n) is 9.79. The van der Waals surface area contributed by atoms with Crippen LogP contribution in [0, 0.1) is 0 Å². The minimum Gasteiger partial charge on any atom is -0.484 e. The molecule has 1 atom stereocenters. The summed E-state index contributed by atoms with van der Waals surface area (Å²) in [4.78, 5) is 22.8. The van der Waals surface area contributed by atoms with Gasteiger partial charge in [-0.25, -0.2) is 14.8 Å². The molecule has 4 rings (SSSR count). The topological polar surface area (TPSA) is 65.7 Å². The summed E-state index contributed by atoms with van der Waals surface area (Å²) in [5, 5.41) is 0.608. The number of ether oxygens (including phenoxy) is 2. The maximum atomic E-state index is 13.0. The van der Waals surface area contributed by atoms with E-state index < -0.39 is 11.6 Å². The van der Waals surface area contributed by atoms with Gasteiger partial charge in [-0.1, -0.05) is 29.8 Å². The van der Waals surface area contributed by atoms with E-state index in [1.807, 2.05) is 74.7 Å². The molecule has 6 nitrogen and oxygen atoms in total. The smallest absolute Gasteiger partial charge is 0.352 e. The molecule has 0 bridgehead atoms. The van der Waals surface area contributed by atoms with Gasteiger partial charge >= 0.3 is 5.97 Å². The van der Waals surface area contributed by atoms with Crippen molar-refractivity contribution in [3.63, 3.8) is 0 Å². The summed E-state index contributed by atoms with van der Waals surface area (Å²) in [6.45, 7) is 7.41. The Morgan fingerprint density at radius 3 is 2.71 bits per heavy atom. The van der Waals surface area contributed by atoms with Crippen LogP contribution in [0.25, 0.3) is 16.3 Å². The number of carbonyl (C=O) groups is 1. The molecule has 31 heavy (non-hydrogen) atoms. The van der Waals surface area contributed by atoms with E-state index in [0.717, 1.165) is 16.1 Å². The van der Waals surface area contributed by atoms with Gasteiger partial charge in [0.2, 0.25) is 5.78 Å². The van der Waals surface area contributed by atoms with Crippen LogP contribution in [0.1, 0.15) is 49.0 Å². The fourth-order valence-electron chi connectivity index (χ4n) is 3.12. The number of aromatic nitrogens is 3. The minimum absolute atomic E-state index is 0.360. The molecule has 0 fully saturated rings. The Labute approximate surface area is 189 Å². The van der Waals surface area contributed by atoms with Gasteiger partial charge in [0, 0.05) is 29.0 Å². The van der Waals surface area contributed by atoms with Gasteiger partial charge in [-0.2, -0.15) is 0 Å². The molecule has 0 spiro atoms. The van der Waals surface area contributed by atoms with E-state index in [-0.39, 0.29) is 6.10 Å². The first-order valence-corrected chi connectivity index (χ1v) is 11.0. The number of nitrogens with zero attached hydrogens (tertiary/aromatic N) is 3. The van der Waals surface area contributed by atoms with Crippen LogP contribution in [0.4, 0.5) is 0 Å².